The number of hydrogen-bond acceptors (Lipinski definition) is 5. The van der Waals surface area contributed by atoms with Gasteiger partial charge < -0.3 is 15.4 Å². The molecule has 0 aliphatic rings. The minimum atomic E-state index is -0.370. The summed E-state index contributed by atoms with van der Waals surface area (Å²) in [6, 6.07) is 14.3. The van der Waals surface area contributed by atoms with Gasteiger partial charge in [-0.25, -0.2) is 4.39 Å². The highest BCUT2D eigenvalue weighted by Crippen LogP contribution is 2.28. The molecular formula is C19H16ClFN4O2. The fourth-order valence-corrected chi connectivity index (χ4v) is 2.54. The van der Waals surface area contributed by atoms with E-state index in [0.717, 1.165) is 5.56 Å². The highest BCUT2D eigenvalue weighted by molar-refractivity contribution is 6.32. The number of nitrogens with one attached hydrogen (secondary N) is 2. The van der Waals surface area contributed by atoms with E-state index in [1.54, 1.807) is 49.6 Å². The number of anilines is 2. The molecule has 138 valence electrons. The molecule has 2 N–H and O–H groups in total. The quantitative estimate of drug-likeness (QED) is 0.670. The largest absolute Gasteiger partial charge is 0.495 e. The molecular weight excluding hydrogens is 371 g/mol. The molecule has 8 heteroatoms. The van der Waals surface area contributed by atoms with Crippen LogP contribution in [0.3, 0.4) is 0 Å². The maximum atomic E-state index is 12.9. The van der Waals surface area contributed by atoms with Crippen molar-refractivity contribution in [1.82, 2.24) is 15.5 Å². The van der Waals surface area contributed by atoms with Crippen LogP contribution in [0.2, 0.25) is 5.02 Å². The summed E-state index contributed by atoms with van der Waals surface area (Å²) in [4.78, 5) is 12.1. The number of aromatic nitrogens is 2. The summed E-state index contributed by atoms with van der Waals surface area (Å²) < 4.78 is 18.0. The second-order valence-corrected chi connectivity index (χ2v) is 5.99. The Balaban J connectivity index is 1.60. The predicted octanol–water partition coefficient (Wildman–Crippen LogP) is 3.95. The molecule has 3 rings (SSSR count). The van der Waals surface area contributed by atoms with Crippen LogP contribution in [0.25, 0.3) is 0 Å². The molecule has 0 radical (unpaired) electrons. The molecule has 27 heavy (non-hydrogen) atoms. The molecule has 3 aromatic rings. The number of amides is 1. The van der Waals surface area contributed by atoms with Crippen molar-refractivity contribution in [2.75, 3.05) is 12.4 Å². The molecule has 0 aliphatic carbocycles. The van der Waals surface area contributed by atoms with Crippen LogP contribution >= 0.6 is 11.6 Å². The van der Waals surface area contributed by atoms with Crippen molar-refractivity contribution in [3.8, 4) is 5.75 Å². The van der Waals surface area contributed by atoms with Gasteiger partial charge in [0.2, 0.25) is 0 Å². The molecule has 1 amide bonds. The van der Waals surface area contributed by atoms with E-state index in [9.17, 15) is 9.18 Å². The van der Waals surface area contributed by atoms with E-state index in [0.29, 0.717) is 22.3 Å². The topological polar surface area (TPSA) is 76.1 Å². The van der Waals surface area contributed by atoms with Crippen LogP contribution in [-0.2, 0) is 6.54 Å². The normalized spacial score (nSPS) is 10.3. The fourth-order valence-electron chi connectivity index (χ4n) is 2.29. The number of rotatable bonds is 6. The Hall–Kier alpha value is -3.19. The van der Waals surface area contributed by atoms with Crippen LogP contribution in [0.15, 0.2) is 54.6 Å². The van der Waals surface area contributed by atoms with Crippen molar-refractivity contribution in [2.24, 2.45) is 0 Å². The van der Waals surface area contributed by atoms with Gasteiger partial charge in [0.15, 0.2) is 11.5 Å². The lowest BCUT2D eigenvalue weighted by Gasteiger charge is -2.08. The Kier molecular flexibility index (Phi) is 5.83. The van der Waals surface area contributed by atoms with Gasteiger partial charge in [0, 0.05) is 12.2 Å². The zero-order valence-electron chi connectivity index (χ0n) is 14.4. The first-order valence-electron chi connectivity index (χ1n) is 8.02. The third kappa shape index (κ3) is 4.92. The Morgan fingerprint density at radius 3 is 2.52 bits per heavy atom. The van der Waals surface area contributed by atoms with E-state index in [2.05, 4.69) is 20.8 Å². The number of carbonyl (C=O) groups is 1. The third-order valence-corrected chi connectivity index (χ3v) is 3.98. The number of hydrogen-bond donors (Lipinski definition) is 2. The number of benzene rings is 2. The van der Waals surface area contributed by atoms with Crippen LogP contribution in [0.4, 0.5) is 15.9 Å². The molecule has 6 nitrogen and oxygen atoms in total. The molecule has 0 saturated heterocycles. The molecule has 0 aliphatic heterocycles. The van der Waals surface area contributed by atoms with E-state index >= 15 is 0 Å². The summed E-state index contributed by atoms with van der Waals surface area (Å²) in [6.45, 7) is 0.269. The lowest BCUT2D eigenvalue weighted by Crippen LogP contribution is -2.24. The van der Waals surface area contributed by atoms with Gasteiger partial charge in [0.1, 0.15) is 11.6 Å². The molecule has 1 aromatic heterocycles. The maximum absolute atomic E-state index is 12.9. The van der Waals surface area contributed by atoms with Crippen LogP contribution in [0.1, 0.15) is 16.1 Å². The average Bonchev–Trinajstić information content (AvgIpc) is 2.68. The smallest absolute Gasteiger partial charge is 0.272 e. The zero-order valence-corrected chi connectivity index (χ0v) is 15.1. The molecule has 0 spiro atoms. The van der Waals surface area contributed by atoms with Gasteiger partial charge in [-0.2, -0.15) is 0 Å². The summed E-state index contributed by atoms with van der Waals surface area (Å²) in [5, 5.41) is 14.1. The number of halogens is 2. The molecule has 2 aromatic carbocycles. The Labute approximate surface area is 160 Å². The van der Waals surface area contributed by atoms with E-state index in [-0.39, 0.29) is 24.0 Å². The number of methoxy groups -OCH3 is 1. The first kappa shape index (κ1) is 18.6. The SMILES string of the molecule is COc1ccc(Nc2ccc(C(=O)NCc3ccc(F)cc3)nn2)cc1Cl. The maximum Gasteiger partial charge on any atom is 0.272 e. The van der Waals surface area contributed by atoms with Gasteiger partial charge in [-0.05, 0) is 48.0 Å². The number of carbonyl (C=O) groups excluding carboxylic acids is 1. The monoisotopic (exact) mass is 386 g/mol. The summed E-state index contributed by atoms with van der Waals surface area (Å²) in [7, 11) is 1.54. The predicted molar refractivity (Wildman–Crippen MR) is 101 cm³/mol. The van der Waals surface area contributed by atoms with Gasteiger partial charge in [0.25, 0.3) is 5.91 Å². The Morgan fingerprint density at radius 1 is 1.11 bits per heavy atom. The summed E-state index contributed by atoms with van der Waals surface area (Å²) in [5.41, 5.74) is 1.67. The summed E-state index contributed by atoms with van der Waals surface area (Å²) in [5.74, 6) is 0.343. The number of nitrogens with zero attached hydrogens (tertiary/aromatic N) is 2. The van der Waals surface area contributed by atoms with E-state index in [4.69, 9.17) is 16.3 Å². The van der Waals surface area contributed by atoms with E-state index < -0.39 is 0 Å². The Bertz CT molecular complexity index is 933. The van der Waals surface area contributed by atoms with E-state index in [1.165, 1.54) is 12.1 Å². The zero-order chi connectivity index (χ0) is 19.2. The molecule has 0 unspecified atom stereocenters. The molecule has 0 saturated carbocycles. The minimum absolute atomic E-state index is 0.176. The van der Waals surface area contributed by atoms with Crippen molar-refractivity contribution < 1.29 is 13.9 Å². The van der Waals surface area contributed by atoms with Crippen LogP contribution in [0.5, 0.6) is 5.75 Å². The second-order valence-electron chi connectivity index (χ2n) is 5.59. The first-order valence-corrected chi connectivity index (χ1v) is 8.40. The highest BCUT2D eigenvalue weighted by Gasteiger charge is 2.09. The second kappa shape index (κ2) is 8.46. The Morgan fingerprint density at radius 2 is 1.89 bits per heavy atom. The van der Waals surface area contributed by atoms with Gasteiger partial charge in [-0.15, -0.1) is 10.2 Å². The third-order valence-electron chi connectivity index (χ3n) is 3.69. The van der Waals surface area contributed by atoms with Gasteiger partial charge >= 0.3 is 0 Å². The lowest BCUT2D eigenvalue weighted by atomic mass is 10.2. The van der Waals surface area contributed by atoms with Gasteiger partial charge in [-0.1, -0.05) is 23.7 Å². The van der Waals surface area contributed by atoms with Crippen LogP contribution < -0.4 is 15.4 Å². The van der Waals surface area contributed by atoms with Crippen molar-refractivity contribution in [1.29, 1.82) is 0 Å². The fraction of sp³-hybridized carbons (Fsp3) is 0.105. The van der Waals surface area contributed by atoms with Crippen molar-refractivity contribution in [2.45, 2.75) is 6.54 Å². The minimum Gasteiger partial charge on any atom is -0.495 e. The van der Waals surface area contributed by atoms with Crippen LogP contribution in [0, 0.1) is 5.82 Å². The van der Waals surface area contributed by atoms with Crippen molar-refractivity contribution >= 4 is 29.0 Å². The van der Waals surface area contributed by atoms with Gasteiger partial charge in [-0.3, -0.25) is 4.79 Å². The standard InChI is InChI=1S/C19H16ClFN4O2/c1-27-17-8-6-14(10-15(17)20)23-18-9-7-16(24-25-18)19(26)22-11-12-2-4-13(21)5-3-12/h2-10H,11H2,1H3,(H,22,26)(H,23,25). The van der Waals surface area contributed by atoms with Crippen LogP contribution in [-0.4, -0.2) is 23.2 Å². The molecule has 0 bridgehead atoms. The molecule has 0 atom stereocenters. The highest BCUT2D eigenvalue weighted by atomic mass is 35.5. The number of ether oxygens (including phenoxy) is 1. The van der Waals surface area contributed by atoms with Crippen molar-refractivity contribution in [3.05, 3.63) is 76.7 Å². The lowest BCUT2D eigenvalue weighted by molar-refractivity contribution is 0.0945. The van der Waals surface area contributed by atoms with Gasteiger partial charge in [0.05, 0.1) is 12.1 Å². The summed E-state index contributed by atoms with van der Waals surface area (Å²) in [6.07, 6.45) is 0. The molecule has 0 fully saturated rings. The first-order chi connectivity index (χ1) is 13.0. The molecule has 1 heterocycles. The summed E-state index contributed by atoms with van der Waals surface area (Å²) >= 11 is 6.08. The van der Waals surface area contributed by atoms with E-state index in [1.807, 2.05) is 0 Å². The van der Waals surface area contributed by atoms with Crippen molar-refractivity contribution in [3.63, 3.8) is 0 Å². The average molecular weight is 387 g/mol.